The third-order valence-electron chi connectivity index (χ3n) is 3.83. The molecule has 4 aromatic rings. The maximum absolute atomic E-state index is 14.0. The van der Waals surface area contributed by atoms with Crippen LogP contribution in [-0.4, -0.2) is 14.0 Å². The molecule has 0 radical (unpaired) electrons. The van der Waals surface area contributed by atoms with Crippen molar-refractivity contribution in [3.8, 4) is 16.9 Å². The van der Waals surface area contributed by atoms with Crippen LogP contribution in [0.1, 0.15) is 0 Å². The van der Waals surface area contributed by atoms with Gasteiger partial charge in [0.05, 0.1) is 5.69 Å². The molecule has 2 heterocycles. The van der Waals surface area contributed by atoms with Gasteiger partial charge in [-0.05, 0) is 36.4 Å². The van der Waals surface area contributed by atoms with E-state index in [1.165, 1.54) is 21.2 Å². The zero-order valence-corrected chi connectivity index (χ0v) is 13.4. The quantitative estimate of drug-likeness (QED) is 0.542. The van der Waals surface area contributed by atoms with Gasteiger partial charge in [-0.25, -0.2) is 13.8 Å². The van der Waals surface area contributed by atoms with Crippen molar-refractivity contribution in [1.29, 1.82) is 0 Å². The topological polar surface area (TPSA) is 39.3 Å². The van der Waals surface area contributed by atoms with Crippen molar-refractivity contribution >= 4 is 17.2 Å². The van der Waals surface area contributed by atoms with Crippen LogP contribution in [0.3, 0.4) is 0 Å². The molecule has 0 fully saturated rings. The number of hydrogen-bond donors (Lipinski definition) is 0. The van der Waals surface area contributed by atoms with Gasteiger partial charge in [0.15, 0.2) is 0 Å². The van der Waals surface area contributed by atoms with Crippen molar-refractivity contribution in [2.45, 2.75) is 0 Å². The molecule has 0 saturated carbocycles. The molecule has 0 aliphatic heterocycles. The number of nitrogens with zero attached hydrogens (tertiary/aromatic N) is 3. The van der Waals surface area contributed by atoms with E-state index in [1.807, 2.05) is 0 Å². The van der Waals surface area contributed by atoms with E-state index in [9.17, 15) is 13.6 Å². The zero-order chi connectivity index (χ0) is 17.6. The average Bonchev–Trinajstić information content (AvgIpc) is 3.01. The van der Waals surface area contributed by atoms with E-state index in [4.69, 9.17) is 11.6 Å². The zero-order valence-electron chi connectivity index (χ0n) is 12.7. The van der Waals surface area contributed by atoms with Crippen LogP contribution in [0.4, 0.5) is 8.78 Å². The Kier molecular flexibility index (Phi) is 3.62. The third kappa shape index (κ3) is 2.70. The lowest BCUT2D eigenvalue weighted by Gasteiger charge is -2.05. The second-order valence-corrected chi connectivity index (χ2v) is 5.87. The van der Waals surface area contributed by atoms with Crippen LogP contribution >= 0.6 is 11.6 Å². The molecule has 2 aromatic heterocycles. The van der Waals surface area contributed by atoms with Crippen LogP contribution in [0.5, 0.6) is 0 Å². The minimum atomic E-state index is -0.735. The Morgan fingerprint density at radius 2 is 1.76 bits per heavy atom. The number of imidazole rings is 1. The number of fused-ring (bicyclic) bond motifs is 1. The summed E-state index contributed by atoms with van der Waals surface area (Å²) >= 11 is 5.87. The first-order valence-electron chi connectivity index (χ1n) is 7.35. The van der Waals surface area contributed by atoms with Gasteiger partial charge in [0, 0.05) is 40.9 Å². The Bertz CT molecular complexity index is 1150. The van der Waals surface area contributed by atoms with E-state index in [-0.39, 0.29) is 22.5 Å². The number of aromatic nitrogens is 3. The molecule has 0 spiro atoms. The molecule has 4 rings (SSSR count). The highest BCUT2D eigenvalue weighted by Crippen LogP contribution is 2.22. The van der Waals surface area contributed by atoms with Crippen molar-refractivity contribution < 1.29 is 8.78 Å². The van der Waals surface area contributed by atoms with Gasteiger partial charge in [-0.1, -0.05) is 11.6 Å². The first kappa shape index (κ1) is 15.5. The second-order valence-electron chi connectivity index (χ2n) is 5.43. The lowest BCUT2D eigenvalue weighted by molar-refractivity contribution is 0.585. The summed E-state index contributed by atoms with van der Waals surface area (Å²) in [6.45, 7) is 0. The van der Waals surface area contributed by atoms with Gasteiger partial charge in [0.25, 0.3) is 5.56 Å². The van der Waals surface area contributed by atoms with Crippen LogP contribution < -0.4 is 5.56 Å². The molecule has 4 nitrogen and oxygen atoms in total. The molecule has 0 aliphatic carbocycles. The fourth-order valence-electron chi connectivity index (χ4n) is 2.61. The average molecular weight is 358 g/mol. The van der Waals surface area contributed by atoms with Crippen LogP contribution in [0, 0.1) is 11.6 Å². The van der Waals surface area contributed by atoms with Crippen molar-refractivity contribution in [3.05, 3.63) is 88.1 Å². The molecule has 7 heteroatoms. The van der Waals surface area contributed by atoms with Gasteiger partial charge in [-0.3, -0.25) is 9.36 Å². The Labute approximate surface area is 145 Å². The Morgan fingerprint density at radius 1 is 1.00 bits per heavy atom. The summed E-state index contributed by atoms with van der Waals surface area (Å²) in [5.74, 6) is -1.41. The summed E-state index contributed by atoms with van der Waals surface area (Å²) < 4.78 is 30.0. The van der Waals surface area contributed by atoms with Crippen molar-refractivity contribution in [2.75, 3.05) is 0 Å². The Hall–Kier alpha value is -2.99. The van der Waals surface area contributed by atoms with Gasteiger partial charge in [0.2, 0.25) is 5.65 Å². The molecular weight excluding hydrogens is 348 g/mol. The standard InChI is InChI=1S/C18H10ClF2N3O/c19-11-1-4-13(5-2-11)24-8-7-23-10-16(22-17(23)18(24)25)14-6-3-12(20)9-15(14)21/h1-10H. The normalized spacial score (nSPS) is 11.2. The van der Waals surface area contributed by atoms with Gasteiger partial charge in [-0.15, -0.1) is 0 Å². The maximum atomic E-state index is 14.0. The highest BCUT2D eigenvalue weighted by molar-refractivity contribution is 6.30. The first-order chi connectivity index (χ1) is 12.0. The molecule has 124 valence electrons. The van der Waals surface area contributed by atoms with E-state index in [0.717, 1.165) is 12.1 Å². The van der Waals surface area contributed by atoms with Crippen LogP contribution in [0.15, 0.2) is 65.8 Å². The fraction of sp³-hybridized carbons (Fsp3) is 0. The summed E-state index contributed by atoms with van der Waals surface area (Å²) in [7, 11) is 0. The fourth-order valence-corrected chi connectivity index (χ4v) is 2.74. The first-order valence-corrected chi connectivity index (χ1v) is 7.72. The maximum Gasteiger partial charge on any atom is 0.298 e. The highest BCUT2D eigenvalue weighted by Gasteiger charge is 2.13. The predicted octanol–water partition coefficient (Wildman–Crippen LogP) is 4.08. The molecule has 2 aromatic carbocycles. The largest absolute Gasteiger partial charge is 0.300 e. The minimum absolute atomic E-state index is 0.127. The van der Waals surface area contributed by atoms with Gasteiger partial charge < -0.3 is 4.40 Å². The SMILES string of the molecule is O=c1c2nc(-c3ccc(F)cc3F)cn2ccn1-c1ccc(Cl)cc1. The molecular formula is C18H10ClF2N3O. The number of hydrogen-bond acceptors (Lipinski definition) is 2. The van der Waals surface area contributed by atoms with Gasteiger partial charge in [-0.2, -0.15) is 0 Å². The summed E-state index contributed by atoms with van der Waals surface area (Å²) in [6, 6.07) is 10.0. The second kappa shape index (κ2) is 5.82. The van der Waals surface area contributed by atoms with Crippen LogP contribution in [-0.2, 0) is 0 Å². The van der Waals surface area contributed by atoms with Crippen molar-refractivity contribution in [3.63, 3.8) is 0 Å². The summed E-state index contributed by atoms with van der Waals surface area (Å²) in [4.78, 5) is 16.9. The molecule has 0 aliphatic rings. The highest BCUT2D eigenvalue weighted by atomic mass is 35.5. The molecule has 0 saturated heterocycles. The number of benzene rings is 2. The minimum Gasteiger partial charge on any atom is -0.300 e. The lowest BCUT2D eigenvalue weighted by atomic mass is 10.1. The smallest absolute Gasteiger partial charge is 0.298 e. The van der Waals surface area contributed by atoms with Crippen molar-refractivity contribution in [2.24, 2.45) is 0 Å². The molecule has 0 N–H and O–H groups in total. The summed E-state index contributed by atoms with van der Waals surface area (Å²) in [6.07, 6.45) is 4.76. The Morgan fingerprint density at radius 3 is 2.48 bits per heavy atom. The Balaban J connectivity index is 1.88. The number of halogens is 3. The van der Waals surface area contributed by atoms with E-state index in [0.29, 0.717) is 10.7 Å². The van der Waals surface area contributed by atoms with Gasteiger partial charge in [0.1, 0.15) is 11.6 Å². The molecule has 0 unspecified atom stereocenters. The predicted molar refractivity (Wildman–Crippen MR) is 91.2 cm³/mol. The summed E-state index contributed by atoms with van der Waals surface area (Å²) in [5.41, 5.74) is 0.787. The van der Waals surface area contributed by atoms with Crippen LogP contribution in [0.25, 0.3) is 22.6 Å². The lowest BCUT2D eigenvalue weighted by Crippen LogP contribution is -2.19. The third-order valence-corrected chi connectivity index (χ3v) is 4.08. The van der Waals surface area contributed by atoms with E-state index >= 15 is 0 Å². The number of rotatable bonds is 2. The summed E-state index contributed by atoms with van der Waals surface area (Å²) in [5, 5.41) is 0.563. The van der Waals surface area contributed by atoms with E-state index in [2.05, 4.69) is 4.98 Å². The van der Waals surface area contributed by atoms with Crippen LogP contribution in [0.2, 0.25) is 5.02 Å². The molecule has 0 bridgehead atoms. The molecule has 25 heavy (non-hydrogen) atoms. The van der Waals surface area contributed by atoms with E-state index < -0.39 is 11.6 Å². The van der Waals surface area contributed by atoms with Gasteiger partial charge >= 0.3 is 0 Å². The van der Waals surface area contributed by atoms with Crippen molar-refractivity contribution in [1.82, 2.24) is 14.0 Å². The molecule has 0 atom stereocenters. The molecule has 0 amide bonds. The monoisotopic (exact) mass is 357 g/mol. The van der Waals surface area contributed by atoms with E-state index in [1.54, 1.807) is 36.7 Å².